The highest BCUT2D eigenvalue weighted by Crippen LogP contribution is 2.25. The zero-order chi connectivity index (χ0) is 20.7. The minimum absolute atomic E-state index is 0.0380. The van der Waals surface area contributed by atoms with Crippen LogP contribution in [0.5, 0.6) is 0 Å². The Labute approximate surface area is 163 Å². The van der Waals surface area contributed by atoms with Crippen LogP contribution in [0.15, 0.2) is 40.5 Å². The lowest BCUT2D eigenvalue weighted by Crippen LogP contribution is -2.33. The van der Waals surface area contributed by atoms with Crippen molar-refractivity contribution in [1.29, 1.82) is 15.8 Å². The van der Waals surface area contributed by atoms with Crippen LogP contribution in [-0.4, -0.2) is 35.5 Å². The highest BCUT2D eigenvalue weighted by molar-refractivity contribution is 6.19. The van der Waals surface area contributed by atoms with Crippen molar-refractivity contribution in [2.45, 2.75) is 26.7 Å². The average Bonchev–Trinajstić information content (AvgIpc) is 3.04. The standard InChI is InChI=1S/C20H18N6O2/c1-3-25(4-2)16-7-5-15(6-8-16)24-17(13-23)20(14(11-21)12-22)26-18(27)9-10-19(26)28/h5-8H,3-4,9-10H2,1-2H3/b24-17+. The number of nitriles is 3. The molecule has 1 aliphatic heterocycles. The second-order valence-electron chi connectivity index (χ2n) is 5.83. The molecule has 0 unspecified atom stereocenters. The van der Waals surface area contributed by atoms with Crippen molar-refractivity contribution in [1.82, 2.24) is 4.90 Å². The molecular weight excluding hydrogens is 356 g/mol. The van der Waals surface area contributed by atoms with E-state index in [4.69, 9.17) is 0 Å². The second-order valence-corrected chi connectivity index (χ2v) is 5.83. The maximum absolute atomic E-state index is 12.1. The molecule has 0 atom stereocenters. The van der Waals surface area contributed by atoms with E-state index in [2.05, 4.69) is 9.89 Å². The molecule has 0 saturated carbocycles. The van der Waals surface area contributed by atoms with Crippen LogP contribution in [-0.2, 0) is 9.59 Å². The van der Waals surface area contributed by atoms with Gasteiger partial charge in [0, 0.05) is 31.6 Å². The molecule has 0 aliphatic carbocycles. The third kappa shape index (κ3) is 4.06. The van der Waals surface area contributed by atoms with Gasteiger partial charge in [-0.05, 0) is 38.1 Å². The number of hydrogen-bond acceptors (Lipinski definition) is 7. The van der Waals surface area contributed by atoms with Crippen LogP contribution in [0.4, 0.5) is 11.4 Å². The topological polar surface area (TPSA) is 124 Å². The summed E-state index contributed by atoms with van der Waals surface area (Å²) in [6, 6.07) is 12.2. The lowest BCUT2D eigenvalue weighted by Gasteiger charge is -2.21. The summed E-state index contributed by atoms with van der Waals surface area (Å²) in [6.45, 7) is 5.75. The monoisotopic (exact) mass is 374 g/mol. The Bertz CT molecular complexity index is 934. The van der Waals surface area contributed by atoms with Crippen molar-refractivity contribution in [3.8, 4) is 18.2 Å². The molecule has 140 valence electrons. The van der Waals surface area contributed by atoms with E-state index < -0.39 is 17.4 Å². The molecule has 1 aromatic carbocycles. The largest absolute Gasteiger partial charge is 0.372 e. The van der Waals surface area contributed by atoms with Crippen LogP contribution < -0.4 is 4.90 Å². The number of carbonyl (C=O) groups excluding carboxylic acids is 2. The molecule has 2 amide bonds. The van der Waals surface area contributed by atoms with E-state index in [0.29, 0.717) is 10.6 Å². The number of carbonyl (C=O) groups is 2. The van der Waals surface area contributed by atoms with Gasteiger partial charge in [0.25, 0.3) is 0 Å². The van der Waals surface area contributed by atoms with E-state index in [9.17, 15) is 25.4 Å². The first kappa shape index (κ1) is 20.4. The molecule has 2 rings (SSSR count). The highest BCUT2D eigenvalue weighted by Gasteiger charge is 2.36. The highest BCUT2D eigenvalue weighted by atomic mass is 16.2. The van der Waals surface area contributed by atoms with Crippen molar-refractivity contribution >= 4 is 28.9 Å². The maximum atomic E-state index is 12.1. The number of likely N-dealkylation sites (tertiary alicyclic amines) is 1. The van der Waals surface area contributed by atoms with E-state index >= 15 is 0 Å². The van der Waals surface area contributed by atoms with Crippen molar-refractivity contribution < 1.29 is 9.59 Å². The number of imide groups is 1. The first-order chi connectivity index (χ1) is 13.5. The number of benzene rings is 1. The summed E-state index contributed by atoms with van der Waals surface area (Å²) < 4.78 is 0. The normalized spacial score (nSPS) is 13.5. The van der Waals surface area contributed by atoms with Crippen LogP contribution in [0.25, 0.3) is 0 Å². The Balaban J connectivity index is 2.54. The predicted molar refractivity (Wildman–Crippen MR) is 102 cm³/mol. The van der Waals surface area contributed by atoms with Gasteiger partial charge in [-0.25, -0.2) is 9.89 Å². The van der Waals surface area contributed by atoms with Crippen LogP contribution in [0, 0.1) is 34.0 Å². The third-order valence-corrected chi connectivity index (χ3v) is 4.28. The summed E-state index contributed by atoms with van der Waals surface area (Å²) in [4.78, 5) is 31.2. The van der Waals surface area contributed by atoms with Crippen LogP contribution >= 0.6 is 0 Å². The van der Waals surface area contributed by atoms with E-state index in [1.807, 2.05) is 32.0 Å². The molecule has 8 heteroatoms. The molecule has 0 radical (unpaired) electrons. The Kier molecular flexibility index (Phi) is 6.63. The Morgan fingerprint density at radius 1 is 1.00 bits per heavy atom. The fraction of sp³-hybridized carbons (Fsp3) is 0.300. The lowest BCUT2D eigenvalue weighted by atomic mass is 10.1. The summed E-state index contributed by atoms with van der Waals surface area (Å²) >= 11 is 0. The maximum Gasteiger partial charge on any atom is 0.234 e. The Hall–Kier alpha value is -3.96. The minimum Gasteiger partial charge on any atom is -0.372 e. The lowest BCUT2D eigenvalue weighted by molar-refractivity contribution is -0.135. The molecule has 1 saturated heterocycles. The molecule has 1 heterocycles. The Morgan fingerprint density at radius 3 is 1.96 bits per heavy atom. The van der Waals surface area contributed by atoms with Gasteiger partial charge in [0.05, 0.1) is 5.69 Å². The molecule has 1 fully saturated rings. The molecule has 1 aromatic rings. The van der Waals surface area contributed by atoms with Gasteiger partial charge in [-0.1, -0.05) is 0 Å². The van der Waals surface area contributed by atoms with Crippen LogP contribution in [0.1, 0.15) is 26.7 Å². The number of rotatable bonds is 6. The van der Waals surface area contributed by atoms with E-state index in [0.717, 1.165) is 18.8 Å². The van der Waals surface area contributed by atoms with Crippen molar-refractivity contribution in [2.75, 3.05) is 18.0 Å². The van der Waals surface area contributed by atoms with Gasteiger partial charge >= 0.3 is 0 Å². The zero-order valence-corrected chi connectivity index (χ0v) is 15.6. The fourth-order valence-electron chi connectivity index (χ4n) is 2.88. The number of aliphatic imine (C=N–C) groups is 1. The molecule has 0 spiro atoms. The van der Waals surface area contributed by atoms with Gasteiger partial charge in [-0.3, -0.25) is 9.59 Å². The molecule has 8 nitrogen and oxygen atoms in total. The molecular formula is C20H18N6O2. The molecule has 0 N–H and O–H groups in total. The SMILES string of the molecule is CCN(CC)c1ccc(/N=C(\C#N)C(=C(C#N)C#N)N2C(=O)CCC2=O)cc1. The minimum atomic E-state index is -0.567. The summed E-state index contributed by atoms with van der Waals surface area (Å²) in [5.74, 6) is -1.13. The summed E-state index contributed by atoms with van der Waals surface area (Å²) in [6.07, 6.45) is -0.0759. The molecule has 1 aliphatic rings. The zero-order valence-electron chi connectivity index (χ0n) is 15.6. The van der Waals surface area contributed by atoms with Gasteiger partial charge in [-0.2, -0.15) is 15.8 Å². The van der Waals surface area contributed by atoms with E-state index in [-0.39, 0.29) is 24.3 Å². The van der Waals surface area contributed by atoms with E-state index in [1.54, 1.807) is 24.3 Å². The number of amides is 2. The number of anilines is 1. The summed E-state index contributed by atoms with van der Waals surface area (Å²) in [5.41, 5.74) is 0.186. The summed E-state index contributed by atoms with van der Waals surface area (Å²) in [7, 11) is 0. The van der Waals surface area contributed by atoms with Crippen molar-refractivity contribution in [3.05, 3.63) is 35.5 Å². The van der Waals surface area contributed by atoms with Gasteiger partial charge < -0.3 is 4.90 Å². The van der Waals surface area contributed by atoms with Gasteiger partial charge in [0.1, 0.15) is 23.9 Å². The first-order valence-corrected chi connectivity index (χ1v) is 8.75. The second kappa shape index (κ2) is 9.12. The smallest absolute Gasteiger partial charge is 0.234 e. The van der Waals surface area contributed by atoms with Gasteiger partial charge in [-0.15, -0.1) is 0 Å². The van der Waals surface area contributed by atoms with Crippen molar-refractivity contribution in [2.24, 2.45) is 4.99 Å². The summed E-state index contributed by atoms with van der Waals surface area (Å²) in [5, 5.41) is 28.0. The quantitative estimate of drug-likeness (QED) is 0.428. The van der Waals surface area contributed by atoms with Crippen LogP contribution in [0.3, 0.4) is 0 Å². The van der Waals surface area contributed by atoms with Gasteiger partial charge in [0.2, 0.25) is 11.8 Å². The average molecular weight is 374 g/mol. The number of hydrogen-bond donors (Lipinski definition) is 0. The Morgan fingerprint density at radius 2 is 1.54 bits per heavy atom. The first-order valence-electron chi connectivity index (χ1n) is 8.75. The molecule has 0 bridgehead atoms. The number of nitrogens with zero attached hydrogens (tertiary/aromatic N) is 6. The van der Waals surface area contributed by atoms with E-state index in [1.165, 1.54) is 0 Å². The molecule has 0 aromatic heterocycles. The fourth-order valence-corrected chi connectivity index (χ4v) is 2.88. The third-order valence-electron chi connectivity index (χ3n) is 4.28. The molecule has 28 heavy (non-hydrogen) atoms. The van der Waals surface area contributed by atoms with Crippen LogP contribution in [0.2, 0.25) is 0 Å². The van der Waals surface area contributed by atoms with Gasteiger partial charge in [0.15, 0.2) is 11.3 Å². The predicted octanol–water partition coefficient (Wildman–Crippen LogP) is 2.58. The number of allylic oxidation sites excluding steroid dienone is 2. The van der Waals surface area contributed by atoms with Crippen molar-refractivity contribution in [3.63, 3.8) is 0 Å².